The fourth-order valence-electron chi connectivity index (χ4n) is 2.05. The smallest absolute Gasteiger partial charge is 0.228 e. The number of aromatic nitrogens is 1. The second-order valence-electron chi connectivity index (χ2n) is 4.12. The normalized spacial score (nSPS) is 13.8. The number of fused-ring (bicyclic) bond motifs is 1. The van der Waals surface area contributed by atoms with Crippen molar-refractivity contribution in [1.29, 1.82) is 0 Å². The average Bonchev–Trinajstić information content (AvgIpc) is 2.96. The van der Waals surface area contributed by atoms with Crippen molar-refractivity contribution >= 4 is 17.2 Å². The van der Waals surface area contributed by atoms with Crippen molar-refractivity contribution in [3.63, 3.8) is 0 Å². The number of thiophene rings is 1. The Morgan fingerprint density at radius 3 is 3.06 bits per heavy atom. The van der Waals surface area contributed by atoms with E-state index in [1.807, 2.05) is 34.5 Å². The first kappa shape index (κ1) is 10.5. The molecule has 0 saturated heterocycles. The molecule has 3 rings (SSSR count). The van der Waals surface area contributed by atoms with E-state index in [2.05, 4.69) is 4.98 Å². The maximum Gasteiger partial charge on any atom is 0.228 e. The van der Waals surface area contributed by atoms with Crippen LogP contribution in [0.5, 0.6) is 0 Å². The van der Waals surface area contributed by atoms with Crippen LogP contribution in [-0.4, -0.2) is 15.8 Å². The van der Waals surface area contributed by atoms with Crippen molar-refractivity contribution in [2.45, 2.75) is 19.5 Å². The zero-order valence-corrected chi connectivity index (χ0v) is 10.1. The van der Waals surface area contributed by atoms with E-state index in [0.29, 0.717) is 19.5 Å². The molecule has 2 aromatic rings. The van der Waals surface area contributed by atoms with Gasteiger partial charge in [-0.1, -0.05) is 12.1 Å². The summed E-state index contributed by atoms with van der Waals surface area (Å²) in [5, 5.41) is 2.00. The third-order valence-electron chi connectivity index (χ3n) is 2.94. The average molecular weight is 244 g/mol. The molecule has 1 amide bonds. The molecule has 3 heterocycles. The van der Waals surface area contributed by atoms with Crippen molar-refractivity contribution in [2.75, 3.05) is 0 Å². The summed E-state index contributed by atoms with van der Waals surface area (Å²) in [4.78, 5) is 19.4. The molecule has 1 aliphatic heterocycles. The molecule has 1 aliphatic rings. The third-order valence-corrected chi connectivity index (χ3v) is 3.82. The molecule has 0 spiro atoms. The number of hydrogen-bond acceptors (Lipinski definition) is 3. The molecule has 2 aromatic heterocycles. The molecular weight excluding hydrogens is 232 g/mol. The van der Waals surface area contributed by atoms with Crippen LogP contribution in [0.4, 0.5) is 0 Å². The van der Waals surface area contributed by atoms with Crippen LogP contribution in [0.3, 0.4) is 0 Å². The Labute approximate surface area is 104 Å². The lowest BCUT2D eigenvalue weighted by molar-refractivity contribution is -0.131. The number of carbonyl (C=O) groups excluding carboxylic acids is 1. The lowest BCUT2D eigenvalue weighted by Crippen LogP contribution is -2.26. The summed E-state index contributed by atoms with van der Waals surface area (Å²) in [6, 6.07) is 7.95. The van der Waals surface area contributed by atoms with Crippen molar-refractivity contribution in [2.24, 2.45) is 0 Å². The standard InChI is InChI=1S/C13H12N2OS/c16-13(7-11-4-2-6-17-11)15-8-10-3-1-5-14-12(10)9-15/h1-6H,7-9H2. The van der Waals surface area contributed by atoms with E-state index < -0.39 is 0 Å². The number of pyridine rings is 1. The molecule has 3 nitrogen and oxygen atoms in total. The summed E-state index contributed by atoms with van der Waals surface area (Å²) in [5.41, 5.74) is 2.21. The van der Waals surface area contributed by atoms with Gasteiger partial charge in [0.1, 0.15) is 0 Å². The van der Waals surface area contributed by atoms with Gasteiger partial charge < -0.3 is 4.90 Å². The molecule has 0 bridgehead atoms. The Morgan fingerprint density at radius 2 is 2.29 bits per heavy atom. The molecule has 0 saturated carbocycles. The Bertz CT molecular complexity index is 511. The highest BCUT2D eigenvalue weighted by Gasteiger charge is 2.23. The van der Waals surface area contributed by atoms with Crippen LogP contribution >= 0.6 is 11.3 Å². The van der Waals surface area contributed by atoms with E-state index in [9.17, 15) is 4.79 Å². The van der Waals surface area contributed by atoms with Crippen molar-refractivity contribution < 1.29 is 4.79 Å². The van der Waals surface area contributed by atoms with E-state index in [4.69, 9.17) is 0 Å². The summed E-state index contributed by atoms with van der Waals surface area (Å²) >= 11 is 1.63. The lowest BCUT2D eigenvalue weighted by Gasteiger charge is -2.14. The molecule has 0 radical (unpaired) electrons. The van der Waals surface area contributed by atoms with E-state index in [0.717, 1.165) is 10.6 Å². The summed E-state index contributed by atoms with van der Waals surface area (Å²) in [5.74, 6) is 0.186. The molecule has 0 N–H and O–H groups in total. The number of amides is 1. The van der Waals surface area contributed by atoms with Gasteiger partial charge in [0.05, 0.1) is 18.7 Å². The van der Waals surface area contributed by atoms with Gasteiger partial charge in [-0.15, -0.1) is 11.3 Å². The Hall–Kier alpha value is -1.68. The van der Waals surface area contributed by atoms with E-state index in [-0.39, 0.29) is 5.91 Å². The minimum Gasteiger partial charge on any atom is -0.332 e. The van der Waals surface area contributed by atoms with Crippen LogP contribution in [-0.2, 0) is 24.3 Å². The maximum atomic E-state index is 12.1. The monoisotopic (exact) mass is 244 g/mol. The zero-order chi connectivity index (χ0) is 11.7. The second-order valence-corrected chi connectivity index (χ2v) is 5.15. The predicted octanol–water partition coefficient (Wildman–Crippen LogP) is 2.23. The van der Waals surface area contributed by atoms with Crippen LogP contribution in [0, 0.1) is 0 Å². The molecular formula is C13H12N2OS. The van der Waals surface area contributed by atoms with Crippen LogP contribution in [0.15, 0.2) is 35.8 Å². The van der Waals surface area contributed by atoms with Gasteiger partial charge in [0.25, 0.3) is 0 Å². The van der Waals surface area contributed by atoms with Gasteiger partial charge in [-0.3, -0.25) is 9.78 Å². The summed E-state index contributed by atoms with van der Waals surface area (Å²) in [7, 11) is 0. The molecule has 0 aromatic carbocycles. The first-order chi connectivity index (χ1) is 8.33. The highest BCUT2D eigenvalue weighted by molar-refractivity contribution is 7.10. The van der Waals surface area contributed by atoms with Gasteiger partial charge in [0.15, 0.2) is 0 Å². The fourth-order valence-corrected chi connectivity index (χ4v) is 2.75. The van der Waals surface area contributed by atoms with Gasteiger partial charge in [-0.05, 0) is 23.1 Å². The van der Waals surface area contributed by atoms with Gasteiger partial charge in [-0.25, -0.2) is 0 Å². The topological polar surface area (TPSA) is 33.2 Å². The van der Waals surface area contributed by atoms with Gasteiger partial charge in [0.2, 0.25) is 5.91 Å². The fraction of sp³-hybridized carbons (Fsp3) is 0.231. The summed E-state index contributed by atoms with van der Waals surface area (Å²) in [6.45, 7) is 1.35. The third kappa shape index (κ3) is 2.08. The first-order valence-corrected chi connectivity index (χ1v) is 6.44. The molecule has 0 unspecified atom stereocenters. The van der Waals surface area contributed by atoms with Gasteiger partial charge in [-0.2, -0.15) is 0 Å². The Kier molecular flexibility index (Phi) is 2.65. The number of rotatable bonds is 2. The second kappa shape index (κ2) is 4.30. The largest absolute Gasteiger partial charge is 0.332 e. The SMILES string of the molecule is O=C(Cc1cccs1)N1Cc2cccnc2C1. The summed E-state index contributed by atoms with van der Waals surface area (Å²) in [6.07, 6.45) is 2.29. The van der Waals surface area contributed by atoms with Crippen LogP contribution in [0.25, 0.3) is 0 Å². The van der Waals surface area contributed by atoms with Crippen molar-refractivity contribution in [1.82, 2.24) is 9.88 Å². The first-order valence-electron chi connectivity index (χ1n) is 5.56. The van der Waals surface area contributed by atoms with E-state index in [1.54, 1.807) is 17.5 Å². The van der Waals surface area contributed by atoms with Crippen molar-refractivity contribution in [3.05, 3.63) is 52.0 Å². The zero-order valence-electron chi connectivity index (χ0n) is 9.30. The lowest BCUT2D eigenvalue weighted by atomic mass is 10.2. The molecule has 0 aliphatic carbocycles. The Morgan fingerprint density at radius 1 is 1.35 bits per heavy atom. The Balaban J connectivity index is 1.70. The minimum atomic E-state index is 0.186. The van der Waals surface area contributed by atoms with Crippen molar-refractivity contribution in [3.8, 4) is 0 Å². The van der Waals surface area contributed by atoms with E-state index >= 15 is 0 Å². The van der Waals surface area contributed by atoms with Crippen LogP contribution in [0.2, 0.25) is 0 Å². The van der Waals surface area contributed by atoms with Gasteiger partial charge >= 0.3 is 0 Å². The number of nitrogens with zero attached hydrogens (tertiary/aromatic N) is 2. The maximum absolute atomic E-state index is 12.1. The highest BCUT2D eigenvalue weighted by Crippen LogP contribution is 2.21. The van der Waals surface area contributed by atoms with E-state index in [1.165, 1.54) is 5.56 Å². The summed E-state index contributed by atoms with van der Waals surface area (Å²) < 4.78 is 0. The molecule has 4 heteroatoms. The molecule has 17 heavy (non-hydrogen) atoms. The molecule has 0 fully saturated rings. The van der Waals surface area contributed by atoms with Crippen LogP contribution < -0.4 is 0 Å². The quantitative estimate of drug-likeness (QED) is 0.811. The minimum absolute atomic E-state index is 0.186. The highest BCUT2D eigenvalue weighted by atomic mass is 32.1. The molecule has 86 valence electrons. The molecule has 0 atom stereocenters. The number of carbonyl (C=O) groups is 1. The number of hydrogen-bond donors (Lipinski definition) is 0. The van der Waals surface area contributed by atoms with Crippen LogP contribution in [0.1, 0.15) is 16.1 Å². The van der Waals surface area contributed by atoms with Gasteiger partial charge in [0, 0.05) is 17.6 Å². The predicted molar refractivity (Wildman–Crippen MR) is 66.5 cm³/mol.